The Bertz CT molecular complexity index is 582. The third-order valence-electron chi connectivity index (χ3n) is 2.22. The van der Waals surface area contributed by atoms with E-state index in [2.05, 4.69) is 9.97 Å². The van der Waals surface area contributed by atoms with Gasteiger partial charge >= 0.3 is 0 Å². The van der Waals surface area contributed by atoms with Crippen LogP contribution in [0, 0.1) is 0 Å². The largest absolute Gasteiger partial charge is 0.497 e. The Balaban J connectivity index is 2.48. The van der Waals surface area contributed by atoms with Crippen molar-refractivity contribution in [2.24, 2.45) is 0 Å². The minimum absolute atomic E-state index is 0.0506. The predicted molar refractivity (Wildman–Crippen MR) is 66.7 cm³/mol. The maximum Gasteiger partial charge on any atom is 0.259 e. The SMILES string of the molecule is COc1ccc2nc(SCCO)[nH]c(=O)c2c1. The highest BCUT2D eigenvalue weighted by Crippen LogP contribution is 2.18. The summed E-state index contributed by atoms with van der Waals surface area (Å²) in [6.45, 7) is 0.0506. The number of hydrogen-bond donors (Lipinski definition) is 2. The van der Waals surface area contributed by atoms with Crippen molar-refractivity contribution in [2.75, 3.05) is 19.5 Å². The van der Waals surface area contributed by atoms with Crippen LogP contribution in [0.5, 0.6) is 5.75 Å². The summed E-state index contributed by atoms with van der Waals surface area (Å²) in [6.07, 6.45) is 0. The van der Waals surface area contributed by atoms with Crippen LogP contribution in [0.4, 0.5) is 0 Å². The fraction of sp³-hybridized carbons (Fsp3) is 0.273. The molecular formula is C11H12N2O3S. The van der Waals surface area contributed by atoms with E-state index in [1.54, 1.807) is 25.3 Å². The number of ether oxygens (including phenoxy) is 1. The second kappa shape index (κ2) is 5.20. The summed E-state index contributed by atoms with van der Waals surface area (Å²) in [6, 6.07) is 5.16. The molecule has 90 valence electrons. The topological polar surface area (TPSA) is 75.2 Å². The Morgan fingerprint density at radius 3 is 3.06 bits per heavy atom. The monoisotopic (exact) mass is 252 g/mol. The van der Waals surface area contributed by atoms with Crippen LogP contribution in [0.25, 0.3) is 10.9 Å². The number of aromatic amines is 1. The van der Waals surface area contributed by atoms with Crippen molar-refractivity contribution in [1.29, 1.82) is 0 Å². The lowest BCUT2D eigenvalue weighted by Crippen LogP contribution is -2.09. The molecule has 0 saturated carbocycles. The molecule has 2 N–H and O–H groups in total. The van der Waals surface area contributed by atoms with E-state index in [1.807, 2.05) is 0 Å². The number of aliphatic hydroxyl groups is 1. The molecule has 2 rings (SSSR count). The van der Waals surface area contributed by atoms with Crippen LogP contribution in [0.2, 0.25) is 0 Å². The summed E-state index contributed by atoms with van der Waals surface area (Å²) in [5, 5.41) is 9.73. The summed E-state index contributed by atoms with van der Waals surface area (Å²) >= 11 is 1.31. The lowest BCUT2D eigenvalue weighted by atomic mass is 10.2. The van der Waals surface area contributed by atoms with Gasteiger partial charge in [-0.3, -0.25) is 4.79 Å². The van der Waals surface area contributed by atoms with Crippen LogP contribution >= 0.6 is 11.8 Å². The van der Waals surface area contributed by atoms with Crippen molar-refractivity contribution < 1.29 is 9.84 Å². The molecule has 0 spiro atoms. The van der Waals surface area contributed by atoms with Gasteiger partial charge in [-0.25, -0.2) is 4.98 Å². The Morgan fingerprint density at radius 1 is 1.53 bits per heavy atom. The number of thioether (sulfide) groups is 1. The maximum absolute atomic E-state index is 11.8. The number of nitrogens with zero attached hydrogens (tertiary/aromatic N) is 1. The van der Waals surface area contributed by atoms with Gasteiger partial charge in [0, 0.05) is 5.75 Å². The number of methoxy groups -OCH3 is 1. The molecular weight excluding hydrogens is 240 g/mol. The van der Waals surface area contributed by atoms with Crippen LogP contribution in [0.3, 0.4) is 0 Å². The molecule has 17 heavy (non-hydrogen) atoms. The molecule has 0 amide bonds. The Hall–Kier alpha value is -1.53. The molecule has 0 atom stereocenters. The summed E-state index contributed by atoms with van der Waals surface area (Å²) in [4.78, 5) is 18.8. The number of H-pyrrole nitrogens is 1. The van der Waals surface area contributed by atoms with E-state index < -0.39 is 0 Å². The molecule has 1 aromatic heterocycles. The zero-order chi connectivity index (χ0) is 12.3. The molecule has 0 saturated heterocycles. The fourth-order valence-corrected chi connectivity index (χ4v) is 2.05. The van der Waals surface area contributed by atoms with Crippen LogP contribution in [-0.2, 0) is 0 Å². The van der Waals surface area contributed by atoms with Gasteiger partial charge in [0.25, 0.3) is 5.56 Å². The molecule has 1 aromatic carbocycles. The average Bonchev–Trinajstić information content (AvgIpc) is 2.36. The predicted octanol–water partition coefficient (Wildman–Crippen LogP) is 1.02. The first-order chi connectivity index (χ1) is 8.24. The number of fused-ring (bicyclic) bond motifs is 1. The summed E-state index contributed by atoms with van der Waals surface area (Å²) in [5.41, 5.74) is 0.421. The quantitative estimate of drug-likeness (QED) is 0.627. The number of aromatic nitrogens is 2. The van der Waals surface area contributed by atoms with Gasteiger partial charge in [0.2, 0.25) is 0 Å². The lowest BCUT2D eigenvalue weighted by molar-refractivity contribution is 0.322. The molecule has 0 unspecified atom stereocenters. The van der Waals surface area contributed by atoms with E-state index >= 15 is 0 Å². The summed E-state index contributed by atoms with van der Waals surface area (Å²) in [7, 11) is 1.55. The van der Waals surface area contributed by atoms with Gasteiger partial charge in [0.1, 0.15) is 5.75 Å². The van der Waals surface area contributed by atoms with E-state index in [0.717, 1.165) is 0 Å². The van der Waals surface area contributed by atoms with E-state index in [4.69, 9.17) is 9.84 Å². The second-order valence-corrected chi connectivity index (χ2v) is 4.41. The van der Waals surface area contributed by atoms with Gasteiger partial charge in [-0.2, -0.15) is 0 Å². The molecule has 0 bridgehead atoms. The van der Waals surface area contributed by atoms with Gasteiger partial charge in [0.15, 0.2) is 5.16 Å². The van der Waals surface area contributed by atoms with E-state index in [0.29, 0.717) is 27.6 Å². The number of aliphatic hydroxyl groups excluding tert-OH is 1. The first-order valence-corrected chi connectivity index (χ1v) is 6.05. The zero-order valence-corrected chi connectivity index (χ0v) is 10.1. The normalized spacial score (nSPS) is 10.7. The van der Waals surface area contributed by atoms with Crippen molar-refractivity contribution in [2.45, 2.75) is 5.16 Å². The van der Waals surface area contributed by atoms with Crippen molar-refractivity contribution in [3.8, 4) is 5.75 Å². The lowest BCUT2D eigenvalue weighted by Gasteiger charge is -2.03. The standard InChI is InChI=1S/C11H12N2O3S/c1-16-7-2-3-9-8(6-7)10(15)13-11(12-9)17-5-4-14/h2-3,6,14H,4-5H2,1H3,(H,12,13,15). The Kier molecular flexibility index (Phi) is 3.65. The van der Waals surface area contributed by atoms with Crippen molar-refractivity contribution in [3.63, 3.8) is 0 Å². The van der Waals surface area contributed by atoms with Crippen LogP contribution in [0.1, 0.15) is 0 Å². The third kappa shape index (κ3) is 2.59. The first kappa shape index (κ1) is 11.9. The van der Waals surface area contributed by atoms with Crippen molar-refractivity contribution in [1.82, 2.24) is 9.97 Å². The van der Waals surface area contributed by atoms with Crippen molar-refractivity contribution >= 4 is 22.7 Å². The highest BCUT2D eigenvalue weighted by molar-refractivity contribution is 7.99. The number of benzene rings is 1. The highest BCUT2D eigenvalue weighted by atomic mass is 32.2. The molecule has 1 heterocycles. The molecule has 6 heteroatoms. The Morgan fingerprint density at radius 2 is 2.35 bits per heavy atom. The van der Waals surface area contributed by atoms with Gasteiger partial charge in [-0.05, 0) is 18.2 Å². The smallest absolute Gasteiger partial charge is 0.259 e. The number of rotatable bonds is 4. The molecule has 0 radical (unpaired) electrons. The minimum Gasteiger partial charge on any atom is -0.497 e. The molecule has 0 aliphatic rings. The van der Waals surface area contributed by atoms with E-state index in [1.165, 1.54) is 11.8 Å². The molecule has 0 aliphatic heterocycles. The van der Waals surface area contributed by atoms with Crippen LogP contribution in [-0.4, -0.2) is 34.5 Å². The minimum atomic E-state index is -0.200. The highest BCUT2D eigenvalue weighted by Gasteiger charge is 2.05. The number of nitrogens with one attached hydrogen (secondary N) is 1. The zero-order valence-electron chi connectivity index (χ0n) is 9.27. The molecule has 0 fully saturated rings. The van der Waals surface area contributed by atoms with Gasteiger partial charge in [-0.1, -0.05) is 11.8 Å². The van der Waals surface area contributed by atoms with Gasteiger partial charge in [0.05, 0.1) is 24.6 Å². The molecule has 2 aromatic rings. The molecule has 0 aliphatic carbocycles. The van der Waals surface area contributed by atoms with Crippen LogP contribution < -0.4 is 10.3 Å². The summed E-state index contributed by atoms with van der Waals surface area (Å²) in [5.74, 6) is 1.13. The van der Waals surface area contributed by atoms with E-state index in [-0.39, 0.29) is 12.2 Å². The number of hydrogen-bond acceptors (Lipinski definition) is 5. The summed E-state index contributed by atoms with van der Waals surface area (Å²) < 4.78 is 5.05. The van der Waals surface area contributed by atoms with Crippen LogP contribution in [0.15, 0.2) is 28.2 Å². The average molecular weight is 252 g/mol. The fourth-order valence-electron chi connectivity index (χ4n) is 1.43. The first-order valence-electron chi connectivity index (χ1n) is 5.06. The van der Waals surface area contributed by atoms with Crippen molar-refractivity contribution in [3.05, 3.63) is 28.6 Å². The second-order valence-electron chi connectivity index (χ2n) is 3.33. The third-order valence-corrected chi connectivity index (χ3v) is 3.07. The molecule has 5 nitrogen and oxygen atoms in total. The van der Waals surface area contributed by atoms with Gasteiger partial charge in [-0.15, -0.1) is 0 Å². The maximum atomic E-state index is 11.8. The van der Waals surface area contributed by atoms with E-state index in [9.17, 15) is 4.79 Å². The van der Waals surface area contributed by atoms with Gasteiger partial charge < -0.3 is 14.8 Å². The Labute approximate surface area is 102 Å².